The molecular weight excluding hydrogens is 350 g/mol. The minimum Gasteiger partial charge on any atom is -0.356 e. The molecule has 2 saturated carbocycles. The summed E-state index contributed by atoms with van der Waals surface area (Å²) < 4.78 is 0. The van der Waals surface area contributed by atoms with Crippen molar-refractivity contribution in [3.05, 3.63) is 41.6 Å². The summed E-state index contributed by atoms with van der Waals surface area (Å²) in [5.74, 6) is 1.24. The van der Waals surface area contributed by atoms with Gasteiger partial charge in [-0.3, -0.25) is 14.6 Å². The summed E-state index contributed by atoms with van der Waals surface area (Å²) in [7, 11) is 0. The zero-order valence-corrected chi connectivity index (χ0v) is 16.2. The Kier molecular flexibility index (Phi) is 4.53. The normalized spacial score (nSPS) is 22.3. The summed E-state index contributed by atoms with van der Waals surface area (Å²) in [6.45, 7) is 2.04. The van der Waals surface area contributed by atoms with Crippen molar-refractivity contribution >= 4 is 22.7 Å². The Labute approximate surface area is 165 Å². The van der Waals surface area contributed by atoms with E-state index in [1.54, 1.807) is 0 Å². The molecule has 5 nitrogen and oxygen atoms in total. The van der Waals surface area contributed by atoms with Gasteiger partial charge >= 0.3 is 0 Å². The molecule has 0 radical (unpaired) electrons. The average molecular weight is 377 g/mol. The molecule has 2 aliphatic carbocycles. The third kappa shape index (κ3) is 3.62. The molecule has 1 aromatic heterocycles. The summed E-state index contributed by atoms with van der Waals surface area (Å²) in [4.78, 5) is 32.6. The van der Waals surface area contributed by atoms with E-state index in [0.29, 0.717) is 18.4 Å². The number of aromatic nitrogens is 1. The molecule has 1 atom stereocenters. The molecule has 2 aromatic rings. The molecule has 5 rings (SSSR count). The van der Waals surface area contributed by atoms with Crippen LogP contribution in [-0.4, -0.2) is 41.3 Å². The second-order valence-corrected chi connectivity index (χ2v) is 8.66. The highest BCUT2D eigenvalue weighted by Crippen LogP contribution is 2.40. The molecule has 1 aromatic carbocycles. The molecule has 1 unspecified atom stereocenters. The predicted molar refractivity (Wildman–Crippen MR) is 108 cm³/mol. The quantitative estimate of drug-likeness (QED) is 0.868. The Morgan fingerprint density at radius 3 is 2.71 bits per heavy atom. The van der Waals surface area contributed by atoms with E-state index in [0.717, 1.165) is 60.9 Å². The number of carbonyl (C=O) groups excluding carboxylic acids is 2. The number of para-hydroxylation sites is 1. The van der Waals surface area contributed by atoms with Gasteiger partial charge in [-0.2, -0.15) is 0 Å². The summed E-state index contributed by atoms with van der Waals surface area (Å²) in [6.07, 6.45) is 6.52. The third-order valence-corrected chi connectivity index (χ3v) is 6.30. The van der Waals surface area contributed by atoms with Gasteiger partial charge in [0.2, 0.25) is 5.91 Å². The number of pyridine rings is 1. The van der Waals surface area contributed by atoms with Crippen LogP contribution in [0.3, 0.4) is 0 Å². The molecule has 5 heteroatoms. The minimum absolute atomic E-state index is 0.0418. The van der Waals surface area contributed by atoms with Gasteiger partial charge < -0.3 is 10.2 Å². The maximum Gasteiger partial charge on any atom is 0.254 e. The first-order valence-corrected chi connectivity index (χ1v) is 10.7. The second kappa shape index (κ2) is 7.19. The molecule has 0 spiro atoms. The fraction of sp³-hybridized carbons (Fsp3) is 0.522. The van der Waals surface area contributed by atoms with E-state index >= 15 is 0 Å². The summed E-state index contributed by atoms with van der Waals surface area (Å²) in [5, 5.41) is 4.00. The van der Waals surface area contributed by atoms with Crippen molar-refractivity contribution < 1.29 is 9.59 Å². The SMILES string of the molecule is O=C(NCC1CC1)C1CCCN(C(=O)c2cc(C3CC3)nc3ccccc23)C1. The lowest BCUT2D eigenvalue weighted by atomic mass is 9.95. The number of nitrogens with one attached hydrogen (secondary N) is 1. The van der Waals surface area contributed by atoms with Crippen LogP contribution in [0.1, 0.15) is 60.5 Å². The largest absolute Gasteiger partial charge is 0.356 e. The van der Waals surface area contributed by atoms with Gasteiger partial charge in [-0.05, 0) is 56.6 Å². The first kappa shape index (κ1) is 17.7. The standard InChI is InChI=1S/C23H27N3O2/c27-22(24-13-15-7-8-15)17-4-3-11-26(14-17)23(28)19-12-21(16-9-10-16)25-20-6-2-1-5-18(19)20/h1-2,5-6,12,15-17H,3-4,7-11,13-14H2,(H,24,27). The van der Waals surface area contributed by atoms with Crippen LogP contribution in [0.15, 0.2) is 30.3 Å². The van der Waals surface area contributed by atoms with E-state index in [2.05, 4.69) is 5.32 Å². The molecule has 3 aliphatic rings. The van der Waals surface area contributed by atoms with Crippen molar-refractivity contribution in [2.75, 3.05) is 19.6 Å². The average Bonchev–Trinajstić information content (AvgIpc) is 3.64. The number of nitrogens with zero attached hydrogens (tertiary/aromatic N) is 2. The highest BCUT2D eigenvalue weighted by Gasteiger charge is 2.32. The van der Waals surface area contributed by atoms with Crippen molar-refractivity contribution in [3.63, 3.8) is 0 Å². The number of fused-ring (bicyclic) bond motifs is 1. The van der Waals surface area contributed by atoms with Gasteiger partial charge in [0.15, 0.2) is 0 Å². The number of amides is 2. The lowest BCUT2D eigenvalue weighted by Crippen LogP contribution is -2.45. The van der Waals surface area contributed by atoms with Crippen molar-refractivity contribution in [1.82, 2.24) is 15.2 Å². The van der Waals surface area contributed by atoms with Gasteiger partial charge in [-0.25, -0.2) is 0 Å². The van der Waals surface area contributed by atoms with Crippen LogP contribution in [0.25, 0.3) is 10.9 Å². The van der Waals surface area contributed by atoms with Gasteiger partial charge in [0.1, 0.15) is 0 Å². The molecule has 2 heterocycles. The lowest BCUT2D eigenvalue weighted by molar-refractivity contribution is -0.126. The maximum absolute atomic E-state index is 13.4. The van der Waals surface area contributed by atoms with Crippen LogP contribution in [0.5, 0.6) is 0 Å². The van der Waals surface area contributed by atoms with E-state index in [1.165, 1.54) is 12.8 Å². The van der Waals surface area contributed by atoms with E-state index in [9.17, 15) is 9.59 Å². The van der Waals surface area contributed by atoms with Gasteiger partial charge in [-0.15, -0.1) is 0 Å². The molecular formula is C23H27N3O2. The van der Waals surface area contributed by atoms with Crippen LogP contribution < -0.4 is 5.32 Å². The Morgan fingerprint density at radius 1 is 1.11 bits per heavy atom. The van der Waals surface area contributed by atoms with E-state index in [4.69, 9.17) is 4.98 Å². The molecule has 146 valence electrons. The highest BCUT2D eigenvalue weighted by atomic mass is 16.2. The Balaban J connectivity index is 1.37. The molecule has 1 N–H and O–H groups in total. The Hall–Kier alpha value is -2.43. The van der Waals surface area contributed by atoms with E-state index < -0.39 is 0 Å². The Bertz CT molecular complexity index is 917. The van der Waals surface area contributed by atoms with Crippen LogP contribution >= 0.6 is 0 Å². The van der Waals surface area contributed by atoms with Gasteiger partial charge in [0, 0.05) is 36.6 Å². The van der Waals surface area contributed by atoms with E-state index in [-0.39, 0.29) is 17.7 Å². The van der Waals surface area contributed by atoms with Crippen LogP contribution in [-0.2, 0) is 4.79 Å². The maximum atomic E-state index is 13.4. The van der Waals surface area contributed by atoms with Crippen LogP contribution in [0.4, 0.5) is 0 Å². The number of piperidine rings is 1. The zero-order chi connectivity index (χ0) is 19.1. The van der Waals surface area contributed by atoms with Gasteiger partial charge in [0.25, 0.3) is 5.91 Å². The molecule has 2 amide bonds. The van der Waals surface area contributed by atoms with Crippen LogP contribution in [0.2, 0.25) is 0 Å². The number of carbonyl (C=O) groups is 2. The first-order valence-electron chi connectivity index (χ1n) is 10.7. The summed E-state index contributed by atoms with van der Waals surface area (Å²) in [6, 6.07) is 9.90. The Morgan fingerprint density at radius 2 is 1.93 bits per heavy atom. The number of rotatable bonds is 5. The van der Waals surface area contributed by atoms with Crippen molar-refractivity contribution in [1.29, 1.82) is 0 Å². The summed E-state index contributed by atoms with van der Waals surface area (Å²) in [5.41, 5.74) is 2.68. The third-order valence-electron chi connectivity index (χ3n) is 6.30. The van der Waals surface area contributed by atoms with Crippen LogP contribution in [0, 0.1) is 11.8 Å². The number of hydrogen-bond acceptors (Lipinski definition) is 3. The number of hydrogen-bond donors (Lipinski definition) is 1. The molecule has 1 saturated heterocycles. The molecule has 1 aliphatic heterocycles. The minimum atomic E-state index is -0.0903. The number of benzene rings is 1. The molecule has 0 bridgehead atoms. The monoisotopic (exact) mass is 377 g/mol. The van der Waals surface area contributed by atoms with Crippen molar-refractivity contribution in [3.8, 4) is 0 Å². The fourth-order valence-electron chi connectivity index (χ4n) is 4.22. The topological polar surface area (TPSA) is 62.3 Å². The number of likely N-dealkylation sites (tertiary alicyclic amines) is 1. The van der Waals surface area contributed by atoms with Crippen molar-refractivity contribution in [2.45, 2.75) is 44.4 Å². The summed E-state index contributed by atoms with van der Waals surface area (Å²) >= 11 is 0. The first-order chi connectivity index (χ1) is 13.7. The second-order valence-electron chi connectivity index (χ2n) is 8.66. The smallest absolute Gasteiger partial charge is 0.254 e. The van der Waals surface area contributed by atoms with Crippen molar-refractivity contribution in [2.24, 2.45) is 11.8 Å². The van der Waals surface area contributed by atoms with E-state index in [1.807, 2.05) is 35.2 Å². The zero-order valence-electron chi connectivity index (χ0n) is 16.2. The van der Waals surface area contributed by atoms with Gasteiger partial charge in [-0.1, -0.05) is 18.2 Å². The highest BCUT2D eigenvalue weighted by molar-refractivity contribution is 6.06. The molecule has 28 heavy (non-hydrogen) atoms. The predicted octanol–water partition coefficient (Wildman–Crippen LogP) is 3.49. The lowest BCUT2D eigenvalue weighted by Gasteiger charge is -2.32. The molecule has 3 fully saturated rings. The van der Waals surface area contributed by atoms with Gasteiger partial charge in [0.05, 0.1) is 17.0 Å². The fourth-order valence-corrected chi connectivity index (χ4v) is 4.22.